The summed E-state index contributed by atoms with van der Waals surface area (Å²) < 4.78 is 6.97. The highest BCUT2D eigenvalue weighted by Crippen LogP contribution is 2.76. The van der Waals surface area contributed by atoms with Crippen LogP contribution in [0.25, 0.3) is 0 Å². The van der Waals surface area contributed by atoms with Gasteiger partial charge < -0.3 is 9.53 Å². The first-order valence-corrected chi connectivity index (χ1v) is 13.9. The molecule has 0 aliphatic heterocycles. The van der Waals surface area contributed by atoms with Gasteiger partial charge in [-0.1, -0.05) is 59.6 Å². The van der Waals surface area contributed by atoms with Crippen LogP contribution < -0.4 is 0 Å². The zero-order chi connectivity index (χ0) is 18.3. The third kappa shape index (κ3) is 2.83. The molecule has 0 amide bonds. The van der Waals surface area contributed by atoms with E-state index in [1.807, 2.05) is 0 Å². The highest BCUT2D eigenvalue weighted by atomic mass is 79.9. The molecular formula is C19H34Br2O2Si. The summed E-state index contributed by atoms with van der Waals surface area (Å²) in [6.07, 6.45) is 4.50. The molecule has 1 N–H and O–H groups in total. The van der Waals surface area contributed by atoms with Crippen LogP contribution in [-0.4, -0.2) is 28.4 Å². The molecular weight excluding hydrogens is 448 g/mol. The molecule has 0 aromatic heterocycles. The molecule has 0 bridgehead atoms. The minimum absolute atomic E-state index is 0.0330. The van der Waals surface area contributed by atoms with E-state index in [-0.39, 0.29) is 19.8 Å². The van der Waals surface area contributed by atoms with Gasteiger partial charge in [0, 0.05) is 5.92 Å². The zero-order valence-electron chi connectivity index (χ0n) is 16.2. The van der Waals surface area contributed by atoms with Gasteiger partial charge in [0.25, 0.3) is 0 Å². The average Bonchev–Trinajstić information content (AvgIpc) is 2.93. The molecule has 0 unspecified atom stereocenters. The molecule has 3 aliphatic rings. The van der Waals surface area contributed by atoms with Crippen molar-refractivity contribution in [2.45, 2.75) is 93.4 Å². The van der Waals surface area contributed by atoms with Crippen molar-refractivity contribution in [3.63, 3.8) is 0 Å². The Bertz CT molecular complexity index is 526. The van der Waals surface area contributed by atoms with Crippen LogP contribution in [0, 0.1) is 23.2 Å². The number of rotatable bonds is 2. The smallest absolute Gasteiger partial charge is 0.192 e. The van der Waals surface area contributed by atoms with Crippen molar-refractivity contribution in [2.75, 3.05) is 0 Å². The fourth-order valence-corrected chi connectivity index (χ4v) is 8.75. The summed E-state index contributed by atoms with van der Waals surface area (Å²) in [4.78, 5) is 0. The first-order chi connectivity index (χ1) is 10.6. The first-order valence-electron chi connectivity index (χ1n) is 9.43. The Morgan fingerprint density at radius 2 is 1.67 bits per heavy atom. The minimum Gasteiger partial charge on any atom is -0.413 e. The minimum atomic E-state index is -1.81. The summed E-state index contributed by atoms with van der Waals surface area (Å²) in [5, 5.41) is 11.5. The number of hydrogen-bond acceptors (Lipinski definition) is 2. The van der Waals surface area contributed by atoms with Crippen LogP contribution in [0.1, 0.15) is 60.3 Å². The van der Waals surface area contributed by atoms with Crippen molar-refractivity contribution >= 4 is 40.2 Å². The Hall–Kier alpha value is 1.10. The van der Waals surface area contributed by atoms with Crippen LogP contribution in [0.3, 0.4) is 0 Å². The largest absolute Gasteiger partial charge is 0.413 e. The molecule has 0 saturated heterocycles. The van der Waals surface area contributed by atoms with Crippen LogP contribution in [0.2, 0.25) is 18.1 Å². The summed E-state index contributed by atoms with van der Waals surface area (Å²) in [5.74, 6) is 1.46. The maximum absolute atomic E-state index is 11.3. The molecule has 140 valence electrons. The normalized spacial score (nSPS) is 47.8. The second-order valence-electron chi connectivity index (χ2n) is 10.6. The molecule has 0 heterocycles. The molecule has 0 aromatic carbocycles. The highest BCUT2D eigenvalue weighted by Gasteiger charge is 2.74. The lowest BCUT2D eigenvalue weighted by Crippen LogP contribution is -2.60. The van der Waals surface area contributed by atoms with E-state index in [9.17, 15) is 5.11 Å². The van der Waals surface area contributed by atoms with E-state index in [1.165, 1.54) is 6.42 Å². The van der Waals surface area contributed by atoms with Crippen molar-refractivity contribution in [3.05, 3.63) is 0 Å². The Kier molecular flexibility index (Phi) is 4.60. The van der Waals surface area contributed by atoms with Crippen LogP contribution in [0.4, 0.5) is 0 Å². The van der Waals surface area contributed by atoms with Gasteiger partial charge >= 0.3 is 0 Å². The van der Waals surface area contributed by atoms with Gasteiger partial charge in [-0.15, -0.1) is 0 Å². The average molecular weight is 482 g/mol. The van der Waals surface area contributed by atoms with Crippen LogP contribution in [0.15, 0.2) is 0 Å². The third-order valence-corrected chi connectivity index (χ3v) is 14.6. The molecule has 6 atom stereocenters. The topological polar surface area (TPSA) is 29.5 Å². The fourth-order valence-electron chi connectivity index (χ4n) is 5.37. The number of fused-ring (bicyclic) bond motifs is 3. The molecule has 3 rings (SSSR count). The second-order valence-corrected chi connectivity index (χ2v) is 19.0. The van der Waals surface area contributed by atoms with Crippen LogP contribution in [0.5, 0.6) is 0 Å². The summed E-state index contributed by atoms with van der Waals surface area (Å²) in [6, 6.07) is 0. The van der Waals surface area contributed by atoms with E-state index in [4.69, 9.17) is 4.43 Å². The molecule has 0 radical (unpaired) electrons. The van der Waals surface area contributed by atoms with Crippen molar-refractivity contribution in [2.24, 2.45) is 23.2 Å². The van der Waals surface area contributed by atoms with E-state index < -0.39 is 13.9 Å². The van der Waals surface area contributed by atoms with E-state index in [0.29, 0.717) is 17.8 Å². The maximum atomic E-state index is 11.3. The standard InChI is InChI=1S/C19H34Br2O2Si/c1-16(2,3)24(6,7)23-13-9-11-18(5,22)15-14-12(19(14,20)21)8-10-17(13,15)4/h12-15,22H,8-11H2,1-7H3/t12-,13+,14-,15+,17-,18-/m1/s1. The highest BCUT2D eigenvalue weighted by molar-refractivity contribution is 9.25. The molecule has 2 nitrogen and oxygen atoms in total. The molecule has 24 heavy (non-hydrogen) atoms. The second kappa shape index (κ2) is 5.56. The first kappa shape index (κ1) is 19.8. The molecule has 3 aliphatic carbocycles. The molecule has 0 aromatic rings. The van der Waals surface area contributed by atoms with Gasteiger partial charge in [-0.25, -0.2) is 0 Å². The van der Waals surface area contributed by atoms with E-state index in [2.05, 4.69) is 79.6 Å². The van der Waals surface area contributed by atoms with Gasteiger partial charge in [0.05, 0.1) is 14.9 Å². The van der Waals surface area contributed by atoms with Gasteiger partial charge in [-0.3, -0.25) is 0 Å². The quantitative estimate of drug-likeness (QED) is 0.383. The van der Waals surface area contributed by atoms with Crippen molar-refractivity contribution in [1.29, 1.82) is 0 Å². The maximum Gasteiger partial charge on any atom is 0.192 e. The van der Waals surface area contributed by atoms with Gasteiger partial charge in [-0.05, 0) is 68.0 Å². The Balaban J connectivity index is 1.92. The van der Waals surface area contributed by atoms with E-state index in [0.717, 1.165) is 19.3 Å². The molecule has 3 saturated carbocycles. The van der Waals surface area contributed by atoms with Crippen molar-refractivity contribution in [3.8, 4) is 0 Å². The zero-order valence-corrected chi connectivity index (χ0v) is 20.4. The number of alkyl halides is 2. The van der Waals surface area contributed by atoms with Gasteiger partial charge in [-0.2, -0.15) is 0 Å². The lowest BCUT2D eigenvalue weighted by molar-refractivity contribution is -0.167. The number of halogens is 2. The van der Waals surface area contributed by atoms with Crippen LogP contribution >= 0.6 is 31.9 Å². The fraction of sp³-hybridized carbons (Fsp3) is 1.00. The third-order valence-electron chi connectivity index (χ3n) is 7.89. The van der Waals surface area contributed by atoms with Gasteiger partial charge in [0.1, 0.15) is 0 Å². The Morgan fingerprint density at radius 1 is 1.08 bits per heavy atom. The Labute approximate surface area is 165 Å². The summed E-state index contributed by atoms with van der Waals surface area (Å²) in [6.45, 7) is 16.1. The van der Waals surface area contributed by atoms with Crippen molar-refractivity contribution < 1.29 is 9.53 Å². The predicted octanol–water partition coefficient (Wildman–Crippen LogP) is 6.07. The summed E-state index contributed by atoms with van der Waals surface area (Å²) in [5.41, 5.74) is -0.517. The number of hydrogen-bond donors (Lipinski definition) is 1. The van der Waals surface area contributed by atoms with Gasteiger partial charge in [0.2, 0.25) is 0 Å². The number of aliphatic hydroxyl groups is 1. The molecule has 5 heteroatoms. The SMILES string of the molecule is CC(C)(C)[Si](C)(C)O[C@H]1CC[C@@](C)(O)[C@H]2[C@H]3[C@@H](CC[C@]12C)C3(Br)Br. The summed E-state index contributed by atoms with van der Waals surface area (Å²) in [7, 11) is -1.81. The van der Waals surface area contributed by atoms with Gasteiger partial charge in [0.15, 0.2) is 8.32 Å². The summed E-state index contributed by atoms with van der Waals surface area (Å²) >= 11 is 7.81. The van der Waals surface area contributed by atoms with Crippen molar-refractivity contribution in [1.82, 2.24) is 0 Å². The van der Waals surface area contributed by atoms with E-state index >= 15 is 0 Å². The Morgan fingerprint density at radius 3 is 2.21 bits per heavy atom. The van der Waals surface area contributed by atoms with Crippen LogP contribution in [-0.2, 0) is 4.43 Å². The molecule has 3 fully saturated rings. The lowest BCUT2D eigenvalue weighted by Gasteiger charge is -2.58. The lowest BCUT2D eigenvalue weighted by atomic mass is 9.54. The predicted molar refractivity (Wildman–Crippen MR) is 110 cm³/mol. The molecule has 0 spiro atoms. The monoisotopic (exact) mass is 480 g/mol. The van der Waals surface area contributed by atoms with E-state index in [1.54, 1.807) is 0 Å².